The highest BCUT2D eigenvalue weighted by Gasteiger charge is 2.50. The Morgan fingerprint density at radius 2 is 1.85 bits per heavy atom. The molecule has 34 heavy (non-hydrogen) atoms. The van der Waals surface area contributed by atoms with Crippen LogP contribution in [-0.2, 0) is 14.3 Å². The number of ketones is 1. The number of fused-ring (bicyclic) bond motifs is 3. The smallest absolute Gasteiger partial charge is 0.315 e. The van der Waals surface area contributed by atoms with Gasteiger partial charge in [0.15, 0.2) is 17.3 Å². The summed E-state index contributed by atoms with van der Waals surface area (Å²) < 4.78 is 10.6. The summed E-state index contributed by atoms with van der Waals surface area (Å²) >= 11 is 0. The van der Waals surface area contributed by atoms with Crippen LogP contribution in [0.5, 0.6) is 11.5 Å². The van der Waals surface area contributed by atoms with Gasteiger partial charge in [0.05, 0.1) is 14.2 Å². The number of phenols is 1. The molecule has 0 bridgehead atoms. The van der Waals surface area contributed by atoms with Crippen molar-refractivity contribution >= 4 is 28.2 Å². The van der Waals surface area contributed by atoms with Crippen LogP contribution in [-0.4, -0.2) is 31.1 Å². The van der Waals surface area contributed by atoms with Gasteiger partial charge >= 0.3 is 5.97 Å². The lowest BCUT2D eigenvalue weighted by atomic mass is 9.63. The van der Waals surface area contributed by atoms with E-state index in [1.54, 1.807) is 12.1 Å². The number of aromatic hydroxyl groups is 1. The Hall–Kier alpha value is -3.80. The molecule has 2 N–H and O–H groups in total. The van der Waals surface area contributed by atoms with Crippen LogP contribution in [0.15, 0.2) is 65.9 Å². The zero-order valence-electron chi connectivity index (χ0n) is 19.6. The Kier molecular flexibility index (Phi) is 5.12. The first-order chi connectivity index (χ1) is 16.3. The summed E-state index contributed by atoms with van der Waals surface area (Å²) in [6.45, 7) is 3.85. The van der Waals surface area contributed by atoms with Crippen molar-refractivity contribution in [3.05, 3.63) is 77.0 Å². The summed E-state index contributed by atoms with van der Waals surface area (Å²) in [7, 11) is 2.87. The van der Waals surface area contributed by atoms with Crippen LogP contribution >= 0.6 is 0 Å². The predicted molar refractivity (Wildman–Crippen MR) is 130 cm³/mol. The van der Waals surface area contributed by atoms with E-state index in [-0.39, 0.29) is 23.9 Å². The molecule has 1 aliphatic carbocycles. The van der Waals surface area contributed by atoms with Gasteiger partial charge in [-0.05, 0) is 45.5 Å². The molecule has 0 saturated heterocycles. The Balaban J connectivity index is 1.85. The first kappa shape index (κ1) is 22.0. The zero-order chi connectivity index (χ0) is 24.2. The molecule has 0 radical (unpaired) electrons. The number of methoxy groups -OCH3 is 2. The summed E-state index contributed by atoms with van der Waals surface area (Å²) in [5, 5.41) is 15.8. The van der Waals surface area contributed by atoms with Crippen LogP contribution < -0.4 is 10.1 Å². The third kappa shape index (κ3) is 3.24. The number of hydrogen-bond donors (Lipinski definition) is 2. The molecule has 0 amide bonds. The number of anilines is 1. The molecule has 0 aromatic heterocycles. The minimum atomic E-state index is -0.619. The molecule has 0 saturated carbocycles. The summed E-state index contributed by atoms with van der Waals surface area (Å²) in [6, 6.07) is 17.2. The number of nitrogens with one attached hydrogen (secondary N) is 1. The molecule has 3 aromatic rings. The number of rotatable bonds is 3. The van der Waals surface area contributed by atoms with Crippen molar-refractivity contribution in [2.45, 2.75) is 26.2 Å². The SMILES string of the molecule is COC(=O)[C@@H]1C2=C(C(=O)CC1(C)C)[C@H](c1ccc(O)c(OC)c1)c1c(ccc3ccccc13)N2. The van der Waals surface area contributed by atoms with Crippen molar-refractivity contribution in [2.75, 3.05) is 19.5 Å². The molecule has 2 aliphatic rings. The van der Waals surface area contributed by atoms with E-state index in [0.29, 0.717) is 17.0 Å². The van der Waals surface area contributed by atoms with Crippen LogP contribution in [0.25, 0.3) is 10.8 Å². The molecule has 6 nitrogen and oxygen atoms in total. The lowest BCUT2D eigenvalue weighted by Gasteiger charge is -2.44. The maximum atomic E-state index is 13.7. The minimum Gasteiger partial charge on any atom is -0.504 e. The van der Waals surface area contributed by atoms with E-state index >= 15 is 0 Å². The van der Waals surface area contributed by atoms with E-state index in [4.69, 9.17) is 9.47 Å². The van der Waals surface area contributed by atoms with E-state index in [1.165, 1.54) is 14.2 Å². The normalized spacial score (nSPS) is 20.9. The van der Waals surface area contributed by atoms with Crippen molar-refractivity contribution in [1.82, 2.24) is 0 Å². The molecular weight excluding hydrogens is 430 g/mol. The van der Waals surface area contributed by atoms with Gasteiger partial charge < -0.3 is 19.9 Å². The fraction of sp³-hybridized carbons (Fsp3) is 0.286. The molecule has 174 valence electrons. The van der Waals surface area contributed by atoms with Crippen molar-refractivity contribution in [1.29, 1.82) is 0 Å². The highest BCUT2D eigenvalue weighted by atomic mass is 16.5. The molecule has 0 spiro atoms. The molecule has 3 aromatic carbocycles. The topological polar surface area (TPSA) is 84.9 Å². The first-order valence-electron chi connectivity index (χ1n) is 11.3. The van der Waals surface area contributed by atoms with Gasteiger partial charge in [0.2, 0.25) is 0 Å². The molecule has 1 aliphatic heterocycles. The van der Waals surface area contributed by atoms with Gasteiger partial charge in [0, 0.05) is 29.3 Å². The summed E-state index contributed by atoms with van der Waals surface area (Å²) in [6.07, 6.45) is 0.221. The quantitative estimate of drug-likeness (QED) is 0.529. The fourth-order valence-electron chi connectivity index (χ4n) is 5.53. The average Bonchev–Trinajstić information content (AvgIpc) is 2.82. The zero-order valence-corrected chi connectivity index (χ0v) is 19.6. The number of benzene rings is 3. The first-order valence-corrected chi connectivity index (χ1v) is 11.3. The molecular formula is C28H27NO5. The number of carbonyl (C=O) groups is 2. The second-order valence-electron chi connectivity index (χ2n) is 9.61. The molecule has 5 rings (SSSR count). The number of hydrogen-bond acceptors (Lipinski definition) is 6. The highest BCUT2D eigenvalue weighted by Crippen LogP contribution is 2.53. The average molecular weight is 458 g/mol. The molecule has 0 unspecified atom stereocenters. The van der Waals surface area contributed by atoms with Crippen molar-refractivity contribution in [2.24, 2.45) is 11.3 Å². The van der Waals surface area contributed by atoms with Gasteiger partial charge in [-0.2, -0.15) is 0 Å². The Labute approximate surface area is 198 Å². The Morgan fingerprint density at radius 1 is 1.09 bits per heavy atom. The van der Waals surface area contributed by atoms with Crippen LogP contribution in [0.4, 0.5) is 5.69 Å². The largest absolute Gasteiger partial charge is 0.504 e. The van der Waals surface area contributed by atoms with Crippen molar-refractivity contribution in [3.8, 4) is 11.5 Å². The second-order valence-corrected chi connectivity index (χ2v) is 9.61. The number of phenolic OH excluding ortho intramolecular Hbond substituents is 1. The third-order valence-corrected chi connectivity index (χ3v) is 7.07. The van der Waals surface area contributed by atoms with Crippen LogP contribution in [0.1, 0.15) is 37.3 Å². The van der Waals surface area contributed by atoms with E-state index in [9.17, 15) is 14.7 Å². The van der Waals surface area contributed by atoms with Gasteiger partial charge in [-0.15, -0.1) is 0 Å². The lowest BCUT2D eigenvalue weighted by Crippen LogP contribution is -2.44. The third-order valence-electron chi connectivity index (χ3n) is 7.07. The Morgan fingerprint density at radius 3 is 2.59 bits per heavy atom. The van der Waals surface area contributed by atoms with Gasteiger partial charge in [0.25, 0.3) is 0 Å². The van der Waals surface area contributed by atoms with E-state index in [1.807, 2.05) is 56.3 Å². The summed E-state index contributed by atoms with van der Waals surface area (Å²) in [5.41, 5.74) is 3.15. The van der Waals surface area contributed by atoms with Gasteiger partial charge in [0.1, 0.15) is 5.92 Å². The monoisotopic (exact) mass is 457 g/mol. The highest BCUT2D eigenvalue weighted by molar-refractivity contribution is 6.06. The van der Waals surface area contributed by atoms with Crippen LogP contribution in [0.2, 0.25) is 0 Å². The number of ether oxygens (including phenoxy) is 2. The van der Waals surface area contributed by atoms with Gasteiger partial charge in [-0.1, -0.05) is 50.2 Å². The second kappa shape index (κ2) is 7.90. The van der Waals surface area contributed by atoms with Crippen molar-refractivity contribution in [3.63, 3.8) is 0 Å². The Bertz CT molecular complexity index is 1370. The van der Waals surface area contributed by atoms with Crippen molar-refractivity contribution < 1.29 is 24.2 Å². The number of esters is 1. The molecule has 0 fully saturated rings. The van der Waals surface area contributed by atoms with E-state index < -0.39 is 17.3 Å². The fourth-order valence-corrected chi connectivity index (χ4v) is 5.53. The summed E-state index contributed by atoms with van der Waals surface area (Å²) in [5.74, 6) is -1.09. The molecule has 1 heterocycles. The van der Waals surface area contributed by atoms with Gasteiger partial charge in [-0.3, -0.25) is 9.59 Å². The number of carbonyl (C=O) groups excluding carboxylic acids is 2. The standard InChI is InChI=1S/C28H27NO5/c1-28(2)14-20(31)24-22(16-10-12-19(30)21(13-16)33-3)23-17-8-6-5-7-15(17)9-11-18(23)29-26(24)25(28)27(32)34-4/h5-13,22,25,29-30H,14H2,1-4H3/t22-,25+/m1/s1. The van der Waals surface area contributed by atoms with Gasteiger partial charge in [-0.25, -0.2) is 0 Å². The number of allylic oxidation sites excluding steroid dienone is 1. The predicted octanol–water partition coefficient (Wildman–Crippen LogP) is 5.15. The maximum absolute atomic E-state index is 13.7. The number of Topliss-reactive ketones (excluding diaryl/α,β-unsaturated/α-hetero) is 1. The minimum absolute atomic E-state index is 0.0109. The molecule has 6 heteroatoms. The van der Waals surface area contributed by atoms with Crippen LogP contribution in [0.3, 0.4) is 0 Å². The lowest BCUT2D eigenvalue weighted by molar-refractivity contribution is -0.148. The maximum Gasteiger partial charge on any atom is 0.315 e. The van der Waals surface area contributed by atoms with E-state index in [0.717, 1.165) is 27.6 Å². The molecule has 2 atom stereocenters. The summed E-state index contributed by atoms with van der Waals surface area (Å²) in [4.78, 5) is 26.7. The van der Waals surface area contributed by atoms with Crippen LogP contribution in [0, 0.1) is 11.3 Å². The van der Waals surface area contributed by atoms with E-state index in [2.05, 4.69) is 5.32 Å².